The Hall–Kier alpha value is -3.49. The maximum Gasteiger partial charge on any atom is 0.245 e. The Morgan fingerprint density at radius 1 is 1.26 bits per heavy atom. The molecule has 3 aromatic heterocycles. The van der Waals surface area contributed by atoms with Gasteiger partial charge in [-0.3, -0.25) is 9.59 Å². The quantitative estimate of drug-likeness (QED) is 0.625. The predicted octanol–water partition coefficient (Wildman–Crippen LogP) is 2.33. The summed E-state index contributed by atoms with van der Waals surface area (Å²) < 4.78 is 7.08. The zero-order valence-electron chi connectivity index (χ0n) is 18.8. The molecule has 164 valence electrons. The number of aryl methyl sites for hydroxylation is 4. The zero-order chi connectivity index (χ0) is 22.7. The molecule has 9 nitrogen and oxygen atoms in total. The van der Waals surface area contributed by atoms with Crippen LogP contribution in [-0.2, 0) is 23.1 Å². The first-order chi connectivity index (χ1) is 14.7. The number of anilines is 1. The van der Waals surface area contributed by atoms with Crippen molar-refractivity contribution in [3.05, 3.63) is 40.7 Å². The van der Waals surface area contributed by atoms with Crippen molar-refractivity contribution < 1.29 is 14.3 Å². The second kappa shape index (κ2) is 9.11. The van der Waals surface area contributed by atoms with Gasteiger partial charge in [-0.05, 0) is 56.0 Å². The van der Waals surface area contributed by atoms with Gasteiger partial charge in [0.05, 0.1) is 19.0 Å². The number of rotatable bonds is 7. The SMILES string of the molecule is COc1nn(C)c2nc(C)c(CCC(=O)N(C)CC(=O)Nc3cc(C)ccn3)c(C)c12. The molecule has 1 N–H and O–H groups in total. The Labute approximate surface area is 181 Å². The third-order valence-corrected chi connectivity index (χ3v) is 5.29. The highest BCUT2D eigenvalue weighted by molar-refractivity contribution is 5.94. The summed E-state index contributed by atoms with van der Waals surface area (Å²) in [6, 6.07) is 3.63. The van der Waals surface area contributed by atoms with E-state index in [0.29, 0.717) is 18.1 Å². The number of aromatic nitrogens is 4. The number of methoxy groups -OCH3 is 1. The Bertz CT molecular complexity index is 1140. The van der Waals surface area contributed by atoms with Crippen molar-refractivity contribution in [1.29, 1.82) is 0 Å². The normalized spacial score (nSPS) is 10.9. The lowest BCUT2D eigenvalue weighted by Gasteiger charge is -2.17. The molecule has 9 heteroatoms. The van der Waals surface area contributed by atoms with Crippen LogP contribution in [0.4, 0.5) is 5.82 Å². The van der Waals surface area contributed by atoms with Gasteiger partial charge in [-0.25, -0.2) is 14.6 Å². The first-order valence-electron chi connectivity index (χ1n) is 10.0. The number of carbonyl (C=O) groups is 2. The zero-order valence-corrected chi connectivity index (χ0v) is 18.8. The number of ether oxygens (including phenoxy) is 1. The molecule has 0 unspecified atom stereocenters. The van der Waals surface area contributed by atoms with E-state index < -0.39 is 0 Å². The standard InChI is InChI=1S/C22H28N6O3/c1-13-9-10-23-17(11-13)25-18(29)12-27(4)19(30)8-7-16-14(2)20-21(24-15(16)3)28(5)26-22(20)31-6/h9-11H,7-8,12H2,1-6H3,(H,23,25,29). The minimum absolute atomic E-state index is 0.0415. The molecule has 0 fully saturated rings. The Kier molecular flexibility index (Phi) is 6.53. The average Bonchev–Trinajstić information content (AvgIpc) is 3.03. The van der Waals surface area contributed by atoms with Crippen molar-refractivity contribution in [2.45, 2.75) is 33.6 Å². The van der Waals surface area contributed by atoms with Gasteiger partial charge in [-0.2, -0.15) is 0 Å². The van der Waals surface area contributed by atoms with Crippen LogP contribution in [0, 0.1) is 20.8 Å². The molecule has 0 aliphatic heterocycles. The molecule has 0 aliphatic rings. The monoisotopic (exact) mass is 424 g/mol. The molecule has 0 saturated carbocycles. The van der Waals surface area contributed by atoms with Crippen LogP contribution < -0.4 is 10.1 Å². The predicted molar refractivity (Wildman–Crippen MR) is 118 cm³/mol. The first-order valence-corrected chi connectivity index (χ1v) is 10.0. The number of nitrogens with zero attached hydrogens (tertiary/aromatic N) is 5. The molecular weight excluding hydrogens is 396 g/mol. The largest absolute Gasteiger partial charge is 0.479 e. The molecule has 0 spiro atoms. The Morgan fingerprint density at radius 3 is 2.68 bits per heavy atom. The van der Waals surface area contributed by atoms with Gasteiger partial charge in [-0.15, -0.1) is 5.10 Å². The summed E-state index contributed by atoms with van der Waals surface area (Å²) in [6.45, 7) is 5.80. The van der Waals surface area contributed by atoms with Gasteiger partial charge in [-0.1, -0.05) is 0 Å². The average molecular weight is 425 g/mol. The van der Waals surface area contributed by atoms with Crippen LogP contribution >= 0.6 is 0 Å². The van der Waals surface area contributed by atoms with Crippen molar-refractivity contribution in [1.82, 2.24) is 24.6 Å². The number of carbonyl (C=O) groups excluding carboxylic acids is 2. The molecular formula is C22H28N6O3. The highest BCUT2D eigenvalue weighted by Gasteiger charge is 2.20. The van der Waals surface area contributed by atoms with E-state index in [1.54, 1.807) is 31.1 Å². The maximum atomic E-state index is 12.6. The summed E-state index contributed by atoms with van der Waals surface area (Å²) in [4.78, 5) is 35.1. The van der Waals surface area contributed by atoms with E-state index in [9.17, 15) is 9.59 Å². The molecule has 0 saturated heterocycles. The number of likely N-dealkylation sites (N-methyl/N-ethyl adjacent to an activating group) is 1. The lowest BCUT2D eigenvalue weighted by Crippen LogP contribution is -2.35. The lowest BCUT2D eigenvalue weighted by molar-refractivity contribution is -0.133. The third-order valence-electron chi connectivity index (χ3n) is 5.29. The number of hydrogen-bond donors (Lipinski definition) is 1. The van der Waals surface area contributed by atoms with Crippen LogP contribution in [0.1, 0.15) is 28.8 Å². The van der Waals surface area contributed by atoms with Crippen LogP contribution in [0.2, 0.25) is 0 Å². The van der Waals surface area contributed by atoms with Crippen LogP contribution in [0.25, 0.3) is 11.0 Å². The minimum Gasteiger partial charge on any atom is -0.479 e. The topological polar surface area (TPSA) is 102 Å². The number of fused-ring (bicyclic) bond motifs is 1. The fourth-order valence-corrected chi connectivity index (χ4v) is 3.62. The van der Waals surface area contributed by atoms with E-state index in [1.807, 2.05) is 33.9 Å². The fraction of sp³-hybridized carbons (Fsp3) is 0.409. The molecule has 31 heavy (non-hydrogen) atoms. The van der Waals surface area contributed by atoms with Crippen LogP contribution in [0.5, 0.6) is 5.88 Å². The van der Waals surface area contributed by atoms with Crippen molar-refractivity contribution in [3.63, 3.8) is 0 Å². The highest BCUT2D eigenvalue weighted by atomic mass is 16.5. The number of nitrogens with one attached hydrogen (secondary N) is 1. The molecule has 0 aromatic carbocycles. The Balaban J connectivity index is 1.66. The van der Waals surface area contributed by atoms with E-state index in [-0.39, 0.29) is 24.8 Å². The summed E-state index contributed by atoms with van der Waals surface area (Å²) in [5.41, 5.74) is 4.60. The summed E-state index contributed by atoms with van der Waals surface area (Å²) in [5.74, 6) is 0.587. The molecule has 3 heterocycles. The fourth-order valence-electron chi connectivity index (χ4n) is 3.62. The minimum atomic E-state index is -0.288. The molecule has 2 amide bonds. The molecule has 0 aliphatic carbocycles. The van der Waals surface area contributed by atoms with Gasteiger partial charge in [0.2, 0.25) is 17.7 Å². The second-order valence-corrected chi connectivity index (χ2v) is 7.65. The highest BCUT2D eigenvalue weighted by Crippen LogP contribution is 2.30. The third kappa shape index (κ3) is 4.82. The summed E-state index contributed by atoms with van der Waals surface area (Å²) >= 11 is 0. The van der Waals surface area contributed by atoms with Gasteiger partial charge in [0.15, 0.2) is 5.65 Å². The summed E-state index contributed by atoms with van der Waals surface area (Å²) in [5, 5.41) is 7.93. The molecule has 0 atom stereocenters. The molecule has 3 aromatic rings. The lowest BCUT2D eigenvalue weighted by atomic mass is 10.00. The smallest absolute Gasteiger partial charge is 0.245 e. The summed E-state index contributed by atoms with van der Waals surface area (Å²) in [7, 11) is 5.03. The van der Waals surface area contributed by atoms with E-state index in [1.165, 1.54) is 4.90 Å². The van der Waals surface area contributed by atoms with Crippen molar-refractivity contribution in [2.75, 3.05) is 26.0 Å². The van der Waals surface area contributed by atoms with Gasteiger partial charge >= 0.3 is 0 Å². The van der Waals surface area contributed by atoms with Crippen molar-refractivity contribution >= 4 is 28.7 Å². The van der Waals surface area contributed by atoms with E-state index >= 15 is 0 Å². The first kappa shape index (κ1) is 22.2. The van der Waals surface area contributed by atoms with Gasteiger partial charge in [0, 0.05) is 32.4 Å². The Morgan fingerprint density at radius 2 is 2.00 bits per heavy atom. The van der Waals surface area contributed by atoms with Crippen molar-refractivity contribution in [3.8, 4) is 5.88 Å². The number of pyridine rings is 2. The van der Waals surface area contributed by atoms with Crippen LogP contribution in [0.15, 0.2) is 18.3 Å². The maximum absolute atomic E-state index is 12.6. The second-order valence-electron chi connectivity index (χ2n) is 7.65. The van der Waals surface area contributed by atoms with E-state index in [2.05, 4.69) is 20.4 Å². The molecule has 0 bridgehead atoms. The molecule has 0 radical (unpaired) electrons. The number of amides is 2. The van der Waals surface area contributed by atoms with Crippen molar-refractivity contribution in [2.24, 2.45) is 7.05 Å². The van der Waals surface area contributed by atoms with E-state index in [4.69, 9.17) is 4.74 Å². The molecule has 3 rings (SSSR count). The van der Waals surface area contributed by atoms with Crippen LogP contribution in [-0.4, -0.2) is 57.2 Å². The summed E-state index contributed by atoms with van der Waals surface area (Å²) in [6.07, 6.45) is 2.42. The number of hydrogen-bond acceptors (Lipinski definition) is 6. The van der Waals surface area contributed by atoms with Crippen LogP contribution in [0.3, 0.4) is 0 Å². The van der Waals surface area contributed by atoms with Gasteiger partial charge in [0.25, 0.3) is 0 Å². The van der Waals surface area contributed by atoms with E-state index in [0.717, 1.165) is 33.4 Å². The van der Waals surface area contributed by atoms with Gasteiger partial charge < -0.3 is 15.0 Å². The van der Waals surface area contributed by atoms with Gasteiger partial charge in [0.1, 0.15) is 5.82 Å².